The Morgan fingerprint density at radius 1 is 1.20 bits per heavy atom. The zero-order valence-electron chi connectivity index (χ0n) is 6.71. The van der Waals surface area contributed by atoms with Crippen LogP contribution in [-0.4, -0.2) is 42.6 Å². The number of rotatable bonds is 1. The third kappa shape index (κ3) is 2.25. The van der Waals surface area contributed by atoms with Crippen LogP contribution in [0.2, 0.25) is 0 Å². The van der Waals surface area contributed by atoms with Crippen molar-refractivity contribution in [2.75, 3.05) is 32.7 Å². The lowest BCUT2D eigenvalue weighted by Crippen LogP contribution is -2.35. The van der Waals surface area contributed by atoms with Crippen LogP contribution in [0.25, 0.3) is 0 Å². The minimum Gasteiger partial charge on any atom is -0.302 e. The first-order valence-electron chi connectivity index (χ1n) is 4.05. The van der Waals surface area contributed by atoms with E-state index in [9.17, 15) is 0 Å². The Morgan fingerprint density at radius 3 is 2.70 bits per heavy atom. The Hall–Kier alpha value is -0.120. The van der Waals surface area contributed by atoms with Crippen LogP contribution in [0.5, 0.6) is 0 Å². The highest BCUT2D eigenvalue weighted by Crippen LogP contribution is 1.97. The predicted octanol–water partition coefficient (Wildman–Crippen LogP) is -0.112. The van der Waals surface area contributed by atoms with Gasteiger partial charge in [-0.05, 0) is 19.5 Å². The van der Waals surface area contributed by atoms with Gasteiger partial charge in [0.1, 0.15) is 0 Å². The lowest BCUT2D eigenvalue weighted by atomic mass is 10.4. The SMILES string of the molecule is CCN1CCCN(N)CC1. The molecular formula is C7H17N3. The maximum Gasteiger partial charge on any atom is 0.0256 e. The first-order chi connectivity index (χ1) is 4.83. The number of likely N-dealkylation sites (N-methyl/N-ethyl adjacent to an activating group) is 1. The quantitative estimate of drug-likeness (QED) is 0.520. The molecule has 0 bridgehead atoms. The summed E-state index contributed by atoms with van der Waals surface area (Å²) in [6.45, 7) is 7.78. The maximum absolute atomic E-state index is 5.66. The van der Waals surface area contributed by atoms with Gasteiger partial charge in [0.05, 0.1) is 0 Å². The van der Waals surface area contributed by atoms with Crippen molar-refractivity contribution in [2.24, 2.45) is 5.84 Å². The maximum atomic E-state index is 5.66. The summed E-state index contributed by atoms with van der Waals surface area (Å²) >= 11 is 0. The highest BCUT2D eigenvalue weighted by atomic mass is 15.4. The van der Waals surface area contributed by atoms with Crippen molar-refractivity contribution < 1.29 is 0 Å². The van der Waals surface area contributed by atoms with Gasteiger partial charge in [0, 0.05) is 19.6 Å². The number of nitrogens with zero attached hydrogens (tertiary/aromatic N) is 2. The van der Waals surface area contributed by atoms with Crippen molar-refractivity contribution in [3.63, 3.8) is 0 Å². The molecule has 60 valence electrons. The molecule has 0 radical (unpaired) electrons. The average Bonchev–Trinajstić information content (AvgIpc) is 2.14. The van der Waals surface area contributed by atoms with E-state index in [1.807, 2.05) is 5.01 Å². The van der Waals surface area contributed by atoms with E-state index in [-0.39, 0.29) is 0 Å². The van der Waals surface area contributed by atoms with Crippen LogP contribution < -0.4 is 5.84 Å². The second-order valence-corrected chi connectivity index (χ2v) is 2.82. The first-order valence-corrected chi connectivity index (χ1v) is 4.05. The van der Waals surface area contributed by atoms with Crippen LogP contribution in [0.15, 0.2) is 0 Å². The highest BCUT2D eigenvalue weighted by Gasteiger charge is 2.09. The molecule has 3 heteroatoms. The Balaban J connectivity index is 2.26. The lowest BCUT2D eigenvalue weighted by Gasteiger charge is -2.16. The van der Waals surface area contributed by atoms with E-state index < -0.39 is 0 Å². The van der Waals surface area contributed by atoms with Gasteiger partial charge in [-0.15, -0.1) is 0 Å². The summed E-state index contributed by atoms with van der Waals surface area (Å²) in [5.41, 5.74) is 0. The molecule has 2 N–H and O–H groups in total. The van der Waals surface area contributed by atoms with Gasteiger partial charge < -0.3 is 4.90 Å². The minimum atomic E-state index is 1.02. The average molecular weight is 143 g/mol. The van der Waals surface area contributed by atoms with Crippen molar-refractivity contribution in [3.05, 3.63) is 0 Å². The largest absolute Gasteiger partial charge is 0.302 e. The van der Waals surface area contributed by atoms with Crippen LogP contribution >= 0.6 is 0 Å². The number of hydrazine groups is 1. The molecule has 1 saturated heterocycles. The van der Waals surface area contributed by atoms with E-state index >= 15 is 0 Å². The normalized spacial score (nSPS) is 24.6. The summed E-state index contributed by atoms with van der Waals surface area (Å²) < 4.78 is 0. The second kappa shape index (κ2) is 3.91. The molecule has 1 heterocycles. The summed E-state index contributed by atoms with van der Waals surface area (Å²) in [6, 6.07) is 0. The summed E-state index contributed by atoms with van der Waals surface area (Å²) in [6.07, 6.45) is 1.21. The summed E-state index contributed by atoms with van der Waals surface area (Å²) in [4.78, 5) is 2.44. The number of hydrogen-bond donors (Lipinski definition) is 1. The second-order valence-electron chi connectivity index (χ2n) is 2.82. The smallest absolute Gasteiger partial charge is 0.0256 e. The van der Waals surface area contributed by atoms with E-state index in [4.69, 9.17) is 5.84 Å². The lowest BCUT2D eigenvalue weighted by molar-refractivity contribution is 0.268. The van der Waals surface area contributed by atoms with Crippen LogP contribution in [-0.2, 0) is 0 Å². The van der Waals surface area contributed by atoms with Gasteiger partial charge in [0.25, 0.3) is 0 Å². The molecule has 0 aromatic heterocycles. The van der Waals surface area contributed by atoms with E-state index in [2.05, 4.69) is 11.8 Å². The van der Waals surface area contributed by atoms with Crippen LogP contribution in [0.3, 0.4) is 0 Å². The molecule has 0 spiro atoms. The summed E-state index contributed by atoms with van der Waals surface area (Å²) in [7, 11) is 0. The number of nitrogens with two attached hydrogens (primary N) is 1. The summed E-state index contributed by atoms with van der Waals surface area (Å²) in [5, 5.41) is 1.91. The molecule has 0 unspecified atom stereocenters. The first kappa shape index (κ1) is 7.98. The molecule has 1 aliphatic heterocycles. The van der Waals surface area contributed by atoms with Gasteiger partial charge in [-0.3, -0.25) is 5.84 Å². The molecule has 1 rings (SSSR count). The molecule has 0 amide bonds. The molecule has 3 nitrogen and oxygen atoms in total. The molecule has 0 aromatic rings. The van der Waals surface area contributed by atoms with Gasteiger partial charge in [-0.2, -0.15) is 0 Å². The fourth-order valence-electron chi connectivity index (χ4n) is 1.31. The van der Waals surface area contributed by atoms with E-state index in [0.717, 1.165) is 26.2 Å². The molecule has 0 aromatic carbocycles. The van der Waals surface area contributed by atoms with Gasteiger partial charge >= 0.3 is 0 Å². The van der Waals surface area contributed by atoms with Crippen LogP contribution in [0.1, 0.15) is 13.3 Å². The molecular weight excluding hydrogens is 126 g/mol. The zero-order valence-corrected chi connectivity index (χ0v) is 6.71. The van der Waals surface area contributed by atoms with Gasteiger partial charge in [-0.25, -0.2) is 5.01 Å². The standard InChI is InChI=1S/C7H17N3/c1-2-9-4-3-5-10(8)7-6-9/h2-8H2,1H3. The Labute approximate surface area is 62.8 Å². The number of hydrogen-bond acceptors (Lipinski definition) is 3. The Morgan fingerprint density at radius 2 is 2.00 bits per heavy atom. The van der Waals surface area contributed by atoms with Crippen molar-refractivity contribution in [3.8, 4) is 0 Å². The third-order valence-corrected chi connectivity index (χ3v) is 2.07. The van der Waals surface area contributed by atoms with Gasteiger partial charge in [0.15, 0.2) is 0 Å². The molecule has 1 aliphatic rings. The van der Waals surface area contributed by atoms with Crippen molar-refractivity contribution >= 4 is 0 Å². The molecule has 1 fully saturated rings. The van der Waals surface area contributed by atoms with Crippen LogP contribution in [0, 0.1) is 0 Å². The van der Waals surface area contributed by atoms with Crippen molar-refractivity contribution in [2.45, 2.75) is 13.3 Å². The topological polar surface area (TPSA) is 32.5 Å². The monoisotopic (exact) mass is 143 g/mol. The minimum absolute atomic E-state index is 1.02. The fourth-order valence-corrected chi connectivity index (χ4v) is 1.31. The van der Waals surface area contributed by atoms with Gasteiger partial charge in [0.2, 0.25) is 0 Å². The van der Waals surface area contributed by atoms with Crippen molar-refractivity contribution in [1.29, 1.82) is 0 Å². The predicted molar refractivity (Wildman–Crippen MR) is 42.5 cm³/mol. The zero-order chi connectivity index (χ0) is 7.40. The molecule has 0 atom stereocenters. The van der Waals surface area contributed by atoms with Crippen LogP contribution in [0.4, 0.5) is 0 Å². The Kier molecular flexibility index (Phi) is 3.12. The third-order valence-electron chi connectivity index (χ3n) is 2.07. The van der Waals surface area contributed by atoms with Gasteiger partial charge in [-0.1, -0.05) is 6.92 Å². The molecule has 10 heavy (non-hydrogen) atoms. The summed E-state index contributed by atoms with van der Waals surface area (Å²) in [5.74, 6) is 5.66. The highest BCUT2D eigenvalue weighted by molar-refractivity contribution is 4.64. The van der Waals surface area contributed by atoms with E-state index in [0.29, 0.717) is 0 Å². The Bertz CT molecular complexity index is 94.9. The molecule has 0 saturated carbocycles. The van der Waals surface area contributed by atoms with E-state index in [1.54, 1.807) is 0 Å². The van der Waals surface area contributed by atoms with Crippen molar-refractivity contribution in [1.82, 2.24) is 9.91 Å². The molecule has 0 aliphatic carbocycles. The van der Waals surface area contributed by atoms with E-state index in [1.165, 1.54) is 13.0 Å². The fraction of sp³-hybridized carbons (Fsp3) is 1.00.